The number of ether oxygens (including phenoxy) is 1. The zero-order valence-electron chi connectivity index (χ0n) is 8.08. The van der Waals surface area contributed by atoms with Crippen LogP contribution in [0, 0.1) is 11.3 Å². The second-order valence-corrected chi connectivity index (χ2v) is 5.15. The van der Waals surface area contributed by atoms with Crippen LogP contribution in [-0.2, 0) is 9.53 Å². The molecule has 0 radical (unpaired) electrons. The monoisotopic (exact) mass is 180 g/mol. The largest absolute Gasteiger partial charge is 0.370 e. The molecule has 0 spiro atoms. The minimum atomic E-state index is 0.0758. The topological polar surface area (TPSA) is 29.6 Å². The van der Waals surface area contributed by atoms with Gasteiger partial charge in [-0.1, -0.05) is 6.92 Å². The molecule has 2 nitrogen and oxygen atoms in total. The number of ketones is 1. The summed E-state index contributed by atoms with van der Waals surface area (Å²) in [5, 5.41) is 0. The van der Waals surface area contributed by atoms with Crippen molar-refractivity contribution >= 4 is 5.78 Å². The molecular formula is C11H16O2. The number of Topliss-reactive ketones (excluding diaryl/α,β-unsaturated/α-hetero) is 1. The molecule has 0 aromatic rings. The highest BCUT2D eigenvalue weighted by Gasteiger charge is 2.52. The lowest BCUT2D eigenvalue weighted by Gasteiger charge is -2.20. The van der Waals surface area contributed by atoms with Crippen LogP contribution in [0.3, 0.4) is 0 Å². The van der Waals surface area contributed by atoms with Crippen molar-refractivity contribution in [1.82, 2.24) is 0 Å². The summed E-state index contributed by atoms with van der Waals surface area (Å²) in [6, 6.07) is 0. The van der Waals surface area contributed by atoms with E-state index in [0.717, 1.165) is 32.1 Å². The van der Waals surface area contributed by atoms with E-state index in [2.05, 4.69) is 6.92 Å². The Balaban J connectivity index is 1.67. The van der Waals surface area contributed by atoms with Gasteiger partial charge in [0.1, 0.15) is 5.78 Å². The Morgan fingerprint density at radius 2 is 2.08 bits per heavy atom. The number of fused-ring (bicyclic) bond motifs is 1. The third-order valence-corrected chi connectivity index (χ3v) is 3.97. The number of hydrogen-bond acceptors (Lipinski definition) is 2. The van der Waals surface area contributed by atoms with E-state index in [1.165, 1.54) is 0 Å². The molecule has 2 heteroatoms. The van der Waals surface area contributed by atoms with E-state index < -0.39 is 0 Å². The maximum atomic E-state index is 12.0. The van der Waals surface area contributed by atoms with Crippen molar-refractivity contribution in [3.05, 3.63) is 0 Å². The zero-order valence-corrected chi connectivity index (χ0v) is 8.08. The summed E-state index contributed by atoms with van der Waals surface area (Å²) < 4.78 is 5.44. The summed E-state index contributed by atoms with van der Waals surface area (Å²) in [5.74, 6) is 0.859. The van der Waals surface area contributed by atoms with E-state index in [-0.39, 0.29) is 5.41 Å². The molecule has 3 atom stereocenters. The highest BCUT2D eigenvalue weighted by atomic mass is 16.6. The van der Waals surface area contributed by atoms with Gasteiger partial charge >= 0.3 is 0 Å². The van der Waals surface area contributed by atoms with E-state index >= 15 is 0 Å². The molecule has 1 heterocycles. The van der Waals surface area contributed by atoms with Gasteiger partial charge in [0.25, 0.3) is 0 Å². The van der Waals surface area contributed by atoms with Crippen LogP contribution in [-0.4, -0.2) is 18.0 Å². The lowest BCUT2D eigenvalue weighted by Crippen LogP contribution is -2.27. The lowest BCUT2D eigenvalue weighted by atomic mass is 9.81. The molecule has 1 aliphatic heterocycles. The van der Waals surface area contributed by atoms with E-state index in [4.69, 9.17) is 4.74 Å². The average molecular weight is 180 g/mol. The molecule has 0 aromatic carbocycles. The van der Waals surface area contributed by atoms with Gasteiger partial charge in [0.05, 0.1) is 12.2 Å². The summed E-state index contributed by atoms with van der Waals surface area (Å²) >= 11 is 0. The molecular weight excluding hydrogens is 164 g/mol. The number of hydrogen-bond donors (Lipinski definition) is 0. The van der Waals surface area contributed by atoms with Gasteiger partial charge in [-0.2, -0.15) is 0 Å². The van der Waals surface area contributed by atoms with Gasteiger partial charge in [-0.15, -0.1) is 0 Å². The van der Waals surface area contributed by atoms with Gasteiger partial charge in [-0.05, 0) is 32.1 Å². The SMILES string of the molecule is CC1(C(=O)C2CCC3OC3C2)CC1. The predicted octanol–water partition coefficient (Wildman–Crippen LogP) is 1.92. The van der Waals surface area contributed by atoms with Crippen molar-refractivity contribution in [2.24, 2.45) is 11.3 Å². The summed E-state index contributed by atoms with van der Waals surface area (Å²) in [7, 11) is 0. The molecule has 3 rings (SSSR count). The molecule has 0 amide bonds. The number of carbonyl (C=O) groups excluding carboxylic acids is 1. The van der Waals surface area contributed by atoms with Crippen LogP contribution < -0.4 is 0 Å². The highest BCUT2D eigenvalue weighted by Crippen LogP contribution is 2.51. The number of epoxide rings is 1. The van der Waals surface area contributed by atoms with Crippen LogP contribution in [0.4, 0.5) is 0 Å². The van der Waals surface area contributed by atoms with Gasteiger partial charge in [-0.25, -0.2) is 0 Å². The molecule has 1 saturated heterocycles. The molecule has 3 fully saturated rings. The third kappa shape index (κ3) is 1.23. The first-order chi connectivity index (χ1) is 6.19. The second kappa shape index (κ2) is 2.35. The summed E-state index contributed by atoms with van der Waals surface area (Å²) in [6.45, 7) is 2.12. The Hall–Kier alpha value is -0.370. The van der Waals surface area contributed by atoms with Crippen LogP contribution >= 0.6 is 0 Å². The first kappa shape index (κ1) is 7.98. The molecule has 0 aromatic heterocycles. The van der Waals surface area contributed by atoms with Crippen molar-refractivity contribution in [2.75, 3.05) is 0 Å². The highest BCUT2D eigenvalue weighted by molar-refractivity contribution is 5.89. The lowest BCUT2D eigenvalue weighted by molar-refractivity contribution is -0.128. The standard InChI is InChI=1S/C11H16O2/c1-11(4-5-11)10(12)7-2-3-8-9(6-7)13-8/h7-9H,2-6H2,1H3. The summed E-state index contributed by atoms with van der Waals surface area (Å²) in [5.41, 5.74) is 0.0758. The fourth-order valence-electron chi connectivity index (χ4n) is 2.57. The normalized spacial score (nSPS) is 45.2. The third-order valence-electron chi connectivity index (χ3n) is 3.97. The smallest absolute Gasteiger partial charge is 0.141 e. The second-order valence-electron chi connectivity index (χ2n) is 5.15. The van der Waals surface area contributed by atoms with E-state index in [9.17, 15) is 4.79 Å². The zero-order chi connectivity index (χ0) is 9.05. The van der Waals surface area contributed by atoms with Crippen molar-refractivity contribution in [2.45, 2.75) is 51.2 Å². The van der Waals surface area contributed by atoms with Gasteiger partial charge in [0.2, 0.25) is 0 Å². The van der Waals surface area contributed by atoms with E-state index in [1.54, 1.807) is 0 Å². The molecule has 0 bridgehead atoms. The first-order valence-electron chi connectivity index (χ1n) is 5.39. The van der Waals surface area contributed by atoms with Crippen molar-refractivity contribution in [3.63, 3.8) is 0 Å². The van der Waals surface area contributed by atoms with Crippen molar-refractivity contribution in [3.8, 4) is 0 Å². The number of rotatable bonds is 2. The molecule has 2 aliphatic carbocycles. The van der Waals surface area contributed by atoms with Gasteiger partial charge in [-0.3, -0.25) is 4.79 Å². The van der Waals surface area contributed by atoms with Gasteiger partial charge < -0.3 is 4.74 Å². The first-order valence-corrected chi connectivity index (χ1v) is 5.39. The molecule has 72 valence electrons. The summed E-state index contributed by atoms with van der Waals surface area (Å²) in [4.78, 5) is 12.0. The fourth-order valence-corrected chi connectivity index (χ4v) is 2.57. The van der Waals surface area contributed by atoms with Crippen LogP contribution in [0.25, 0.3) is 0 Å². The Labute approximate surface area is 78.6 Å². The molecule has 13 heavy (non-hydrogen) atoms. The minimum absolute atomic E-state index is 0.0758. The Morgan fingerprint density at radius 1 is 1.31 bits per heavy atom. The fraction of sp³-hybridized carbons (Fsp3) is 0.909. The van der Waals surface area contributed by atoms with Crippen LogP contribution in [0.1, 0.15) is 39.0 Å². The Morgan fingerprint density at radius 3 is 2.69 bits per heavy atom. The minimum Gasteiger partial charge on any atom is -0.370 e. The average Bonchev–Trinajstić information content (AvgIpc) is 2.98. The van der Waals surface area contributed by atoms with Crippen molar-refractivity contribution in [1.29, 1.82) is 0 Å². The maximum Gasteiger partial charge on any atom is 0.141 e. The van der Waals surface area contributed by atoms with Gasteiger partial charge in [0.15, 0.2) is 0 Å². The van der Waals surface area contributed by atoms with Crippen LogP contribution in [0.15, 0.2) is 0 Å². The van der Waals surface area contributed by atoms with E-state index in [1.807, 2.05) is 0 Å². The molecule has 3 unspecified atom stereocenters. The quantitative estimate of drug-likeness (QED) is 0.608. The van der Waals surface area contributed by atoms with Crippen LogP contribution in [0.5, 0.6) is 0 Å². The predicted molar refractivity (Wildman–Crippen MR) is 48.4 cm³/mol. The molecule has 3 aliphatic rings. The molecule has 0 N–H and O–H groups in total. The van der Waals surface area contributed by atoms with E-state index in [0.29, 0.717) is 23.9 Å². The van der Waals surface area contributed by atoms with Crippen LogP contribution in [0.2, 0.25) is 0 Å². The van der Waals surface area contributed by atoms with Crippen molar-refractivity contribution < 1.29 is 9.53 Å². The van der Waals surface area contributed by atoms with Gasteiger partial charge in [0, 0.05) is 11.3 Å². The Bertz CT molecular complexity index is 255. The maximum absolute atomic E-state index is 12.0. The summed E-state index contributed by atoms with van der Waals surface area (Å²) in [6.07, 6.45) is 6.43. The Kier molecular flexibility index (Phi) is 1.44. The molecule has 2 saturated carbocycles. The number of carbonyl (C=O) groups is 1.